The molecule has 0 saturated carbocycles. The zero-order valence-electron chi connectivity index (χ0n) is 8.66. The van der Waals surface area contributed by atoms with Crippen molar-refractivity contribution in [2.45, 2.75) is 0 Å². The molecule has 0 saturated heterocycles. The highest BCUT2D eigenvalue weighted by molar-refractivity contribution is 9.08. The van der Waals surface area contributed by atoms with E-state index in [0.29, 0.717) is 11.3 Å². The van der Waals surface area contributed by atoms with Gasteiger partial charge in [0.2, 0.25) is 0 Å². The van der Waals surface area contributed by atoms with Crippen LogP contribution in [0.25, 0.3) is 10.8 Å². The lowest BCUT2D eigenvalue weighted by molar-refractivity contribution is 0.0985. The molecular formula is C12H10BrNO2. The van der Waals surface area contributed by atoms with Crippen LogP contribution in [0.2, 0.25) is 0 Å². The van der Waals surface area contributed by atoms with E-state index in [1.54, 1.807) is 13.2 Å². The van der Waals surface area contributed by atoms with E-state index < -0.39 is 0 Å². The van der Waals surface area contributed by atoms with Gasteiger partial charge in [-0.2, -0.15) is 0 Å². The molecule has 0 unspecified atom stereocenters. The Morgan fingerprint density at radius 2 is 2.00 bits per heavy atom. The van der Waals surface area contributed by atoms with Gasteiger partial charge in [-0.15, -0.1) is 0 Å². The fraction of sp³-hybridized carbons (Fsp3) is 0.0833. The van der Waals surface area contributed by atoms with Gasteiger partial charge in [0.15, 0.2) is 0 Å². The number of methoxy groups -OCH3 is 1. The average Bonchev–Trinajstić information content (AvgIpc) is 2.36. The summed E-state index contributed by atoms with van der Waals surface area (Å²) in [6.07, 6.45) is 0. The smallest absolute Gasteiger partial charge is 0.265 e. The molecule has 3 nitrogen and oxygen atoms in total. The molecular weight excluding hydrogens is 270 g/mol. The van der Waals surface area contributed by atoms with Crippen LogP contribution in [-0.2, 0) is 0 Å². The summed E-state index contributed by atoms with van der Waals surface area (Å²) < 4.78 is 7.64. The highest BCUT2D eigenvalue weighted by Gasteiger charge is 2.14. The second kappa shape index (κ2) is 4.53. The number of hydrogen-bond donors (Lipinski definition) is 1. The highest BCUT2D eigenvalue weighted by Crippen LogP contribution is 2.27. The van der Waals surface area contributed by atoms with Crippen LogP contribution in [0.3, 0.4) is 0 Å². The number of rotatable bonds is 2. The van der Waals surface area contributed by atoms with Crippen LogP contribution in [0.5, 0.6) is 5.75 Å². The van der Waals surface area contributed by atoms with Gasteiger partial charge in [-0.3, -0.25) is 9.14 Å². The third kappa shape index (κ3) is 1.76. The van der Waals surface area contributed by atoms with Crippen LogP contribution in [0.4, 0.5) is 0 Å². The number of carbonyl (C=O) groups excluding carboxylic acids is 1. The SMILES string of the molecule is COc1ccc2ccccc2c1C(=O)NBr. The molecule has 2 aromatic rings. The van der Waals surface area contributed by atoms with Gasteiger partial charge in [0.05, 0.1) is 12.7 Å². The van der Waals surface area contributed by atoms with E-state index in [1.807, 2.05) is 30.3 Å². The molecule has 0 radical (unpaired) electrons. The van der Waals surface area contributed by atoms with E-state index in [4.69, 9.17) is 4.74 Å². The zero-order valence-corrected chi connectivity index (χ0v) is 10.2. The lowest BCUT2D eigenvalue weighted by Gasteiger charge is -2.09. The molecule has 2 aromatic carbocycles. The number of ether oxygens (including phenoxy) is 1. The van der Waals surface area contributed by atoms with Crippen LogP contribution in [-0.4, -0.2) is 13.0 Å². The maximum absolute atomic E-state index is 11.8. The number of halogens is 1. The minimum absolute atomic E-state index is 0.214. The number of hydrogen-bond acceptors (Lipinski definition) is 2. The van der Waals surface area contributed by atoms with Crippen LogP contribution in [0.15, 0.2) is 36.4 Å². The summed E-state index contributed by atoms with van der Waals surface area (Å²) in [4.78, 5) is 11.8. The molecule has 0 spiro atoms. The first kappa shape index (κ1) is 11.0. The molecule has 0 aromatic heterocycles. The average molecular weight is 280 g/mol. The standard InChI is InChI=1S/C12H10BrNO2/c1-16-10-7-6-8-4-2-3-5-9(8)11(10)12(15)14-13/h2-7H,1H3,(H,14,15). The van der Waals surface area contributed by atoms with Gasteiger partial charge in [0.1, 0.15) is 5.75 Å². The fourth-order valence-electron chi connectivity index (χ4n) is 1.70. The van der Waals surface area contributed by atoms with Gasteiger partial charge in [-0.25, -0.2) is 0 Å². The molecule has 0 aliphatic heterocycles. The third-order valence-corrected chi connectivity index (χ3v) is 2.78. The second-order valence-corrected chi connectivity index (χ2v) is 3.68. The molecule has 0 aliphatic rings. The van der Waals surface area contributed by atoms with E-state index >= 15 is 0 Å². The quantitative estimate of drug-likeness (QED) is 0.859. The third-order valence-electron chi connectivity index (χ3n) is 2.42. The Kier molecular flexibility index (Phi) is 3.10. The van der Waals surface area contributed by atoms with Crippen LogP contribution < -0.4 is 9.08 Å². The Morgan fingerprint density at radius 3 is 2.69 bits per heavy atom. The zero-order chi connectivity index (χ0) is 11.5. The van der Waals surface area contributed by atoms with Gasteiger partial charge in [-0.1, -0.05) is 30.3 Å². The topological polar surface area (TPSA) is 38.3 Å². The lowest BCUT2D eigenvalue weighted by atomic mass is 10.0. The van der Waals surface area contributed by atoms with Crippen molar-refractivity contribution in [2.24, 2.45) is 0 Å². The molecule has 0 atom stereocenters. The van der Waals surface area contributed by atoms with Gasteiger partial charge in [0.25, 0.3) is 5.91 Å². The van der Waals surface area contributed by atoms with E-state index in [1.165, 1.54) is 0 Å². The summed E-state index contributed by atoms with van der Waals surface area (Å²) >= 11 is 2.95. The highest BCUT2D eigenvalue weighted by atomic mass is 79.9. The molecule has 0 heterocycles. The Hall–Kier alpha value is -1.55. The normalized spacial score (nSPS) is 10.1. The van der Waals surface area contributed by atoms with Crippen LogP contribution in [0.1, 0.15) is 10.4 Å². The van der Waals surface area contributed by atoms with Crippen molar-refractivity contribution in [3.8, 4) is 5.75 Å². The Balaban J connectivity index is 2.78. The first-order valence-electron chi connectivity index (χ1n) is 4.74. The van der Waals surface area contributed by atoms with E-state index in [-0.39, 0.29) is 5.91 Å². The minimum atomic E-state index is -0.214. The first-order valence-corrected chi connectivity index (χ1v) is 5.54. The van der Waals surface area contributed by atoms with Crippen molar-refractivity contribution < 1.29 is 9.53 Å². The van der Waals surface area contributed by atoms with Crippen LogP contribution >= 0.6 is 16.1 Å². The molecule has 0 bridgehead atoms. The fourth-order valence-corrected chi connectivity index (χ4v) is 1.90. The first-order chi connectivity index (χ1) is 7.77. The molecule has 4 heteroatoms. The summed E-state index contributed by atoms with van der Waals surface area (Å²) in [6.45, 7) is 0. The Labute approximate surface area is 102 Å². The largest absolute Gasteiger partial charge is 0.496 e. The number of fused-ring (bicyclic) bond motifs is 1. The summed E-state index contributed by atoms with van der Waals surface area (Å²) in [7, 11) is 1.55. The molecule has 1 N–H and O–H groups in total. The summed E-state index contributed by atoms with van der Waals surface area (Å²) in [5, 5.41) is 1.88. The maximum Gasteiger partial charge on any atom is 0.265 e. The molecule has 0 fully saturated rings. The van der Waals surface area contributed by atoms with E-state index in [9.17, 15) is 4.79 Å². The summed E-state index contributed by atoms with van der Waals surface area (Å²) in [5.74, 6) is 0.351. The van der Waals surface area contributed by atoms with Crippen LogP contribution in [0, 0.1) is 0 Å². The van der Waals surface area contributed by atoms with Gasteiger partial charge >= 0.3 is 0 Å². The molecule has 0 aliphatic carbocycles. The van der Waals surface area contributed by atoms with Crippen molar-refractivity contribution >= 4 is 32.8 Å². The molecule has 1 amide bonds. The van der Waals surface area contributed by atoms with Gasteiger partial charge < -0.3 is 4.74 Å². The van der Waals surface area contributed by atoms with E-state index in [2.05, 4.69) is 20.5 Å². The van der Waals surface area contributed by atoms with Crippen molar-refractivity contribution in [2.75, 3.05) is 7.11 Å². The number of benzene rings is 2. The molecule has 16 heavy (non-hydrogen) atoms. The Bertz CT molecular complexity index is 540. The molecule has 82 valence electrons. The minimum Gasteiger partial charge on any atom is -0.496 e. The molecule has 2 rings (SSSR count). The van der Waals surface area contributed by atoms with Crippen molar-refractivity contribution in [3.05, 3.63) is 42.0 Å². The van der Waals surface area contributed by atoms with Crippen molar-refractivity contribution in [1.82, 2.24) is 4.34 Å². The summed E-state index contributed by atoms with van der Waals surface area (Å²) in [5.41, 5.74) is 0.539. The monoisotopic (exact) mass is 279 g/mol. The lowest BCUT2D eigenvalue weighted by Crippen LogP contribution is -2.13. The van der Waals surface area contributed by atoms with Crippen molar-refractivity contribution in [1.29, 1.82) is 0 Å². The Morgan fingerprint density at radius 1 is 1.25 bits per heavy atom. The van der Waals surface area contributed by atoms with Crippen molar-refractivity contribution in [3.63, 3.8) is 0 Å². The predicted octanol–water partition coefficient (Wildman–Crippen LogP) is 2.89. The maximum atomic E-state index is 11.8. The predicted molar refractivity (Wildman–Crippen MR) is 66.9 cm³/mol. The van der Waals surface area contributed by atoms with Gasteiger partial charge in [0, 0.05) is 16.1 Å². The summed E-state index contributed by atoms with van der Waals surface area (Å²) in [6, 6.07) is 11.4. The van der Waals surface area contributed by atoms with E-state index in [0.717, 1.165) is 10.8 Å². The number of carbonyl (C=O) groups is 1. The second-order valence-electron chi connectivity index (χ2n) is 3.29. The number of amides is 1. The van der Waals surface area contributed by atoms with Gasteiger partial charge in [-0.05, 0) is 16.8 Å². The number of nitrogens with one attached hydrogen (secondary N) is 1.